The molecule has 0 aromatic heterocycles. The van der Waals surface area contributed by atoms with Gasteiger partial charge in [0.05, 0.1) is 31.9 Å². The maximum absolute atomic E-state index is 14.1. The molecule has 11 heteroatoms. The second kappa shape index (κ2) is 14.6. The molecule has 0 saturated carbocycles. The van der Waals surface area contributed by atoms with Crippen LogP contribution < -0.4 is 23.8 Å². The second-order valence-corrected chi connectivity index (χ2v) is 11.6. The number of methoxy groups -OCH3 is 3. The average molecular weight is 598 g/mol. The van der Waals surface area contributed by atoms with Gasteiger partial charge in [-0.05, 0) is 62.2 Å². The van der Waals surface area contributed by atoms with Crippen molar-refractivity contribution in [2.75, 3.05) is 32.2 Å². The van der Waals surface area contributed by atoms with Crippen molar-refractivity contribution in [3.05, 3.63) is 78.4 Å². The predicted molar refractivity (Wildman–Crippen MR) is 161 cm³/mol. The molecule has 3 aromatic rings. The lowest BCUT2D eigenvalue weighted by molar-refractivity contribution is -0.139. The van der Waals surface area contributed by atoms with E-state index in [1.807, 2.05) is 19.9 Å². The highest BCUT2D eigenvalue weighted by molar-refractivity contribution is 7.92. The van der Waals surface area contributed by atoms with Gasteiger partial charge in [0.15, 0.2) is 11.5 Å². The van der Waals surface area contributed by atoms with E-state index in [1.54, 1.807) is 62.6 Å². The molecule has 3 rings (SSSR count). The molecular weight excluding hydrogens is 558 g/mol. The third-order valence-electron chi connectivity index (χ3n) is 6.92. The Bertz CT molecular complexity index is 1460. The van der Waals surface area contributed by atoms with E-state index < -0.39 is 28.5 Å². The lowest BCUT2D eigenvalue weighted by atomic mass is 10.1. The van der Waals surface area contributed by atoms with E-state index in [9.17, 15) is 18.0 Å². The van der Waals surface area contributed by atoms with Crippen molar-refractivity contribution in [1.29, 1.82) is 0 Å². The fourth-order valence-corrected chi connectivity index (χ4v) is 5.67. The molecule has 0 radical (unpaired) electrons. The number of carbonyl (C=O) groups excluding carboxylic acids is 2. The van der Waals surface area contributed by atoms with E-state index >= 15 is 0 Å². The third-order valence-corrected chi connectivity index (χ3v) is 8.69. The highest BCUT2D eigenvalue weighted by atomic mass is 32.2. The zero-order valence-corrected chi connectivity index (χ0v) is 25.7. The number of sulfonamides is 1. The summed E-state index contributed by atoms with van der Waals surface area (Å²) in [5, 5.41) is 2.92. The summed E-state index contributed by atoms with van der Waals surface area (Å²) >= 11 is 0. The first kappa shape index (κ1) is 32.3. The topological polar surface area (TPSA) is 114 Å². The Morgan fingerprint density at radius 1 is 0.857 bits per heavy atom. The van der Waals surface area contributed by atoms with Crippen LogP contribution in [0.4, 0.5) is 5.69 Å². The molecule has 0 bridgehead atoms. The standard InChI is InChI=1S/C31H39N3O7S/c1-7-22(2)32-31(36)23(3)33(20-24-12-11-15-26(18-24)39-4)30(35)21-34(25-13-9-8-10-14-25)42(37,38)27-16-17-28(40-5)29(19-27)41-6/h8-19,22-23H,7,20-21H2,1-6H3,(H,32,36)/t22-,23+/m1/s1. The van der Waals surface area contributed by atoms with E-state index in [0.717, 1.165) is 9.87 Å². The van der Waals surface area contributed by atoms with Crippen LogP contribution >= 0.6 is 0 Å². The van der Waals surface area contributed by atoms with Crippen molar-refractivity contribution >= 4 is 27.5 Å². The number of nitrogens with zero attached hydrogens (tertiary/aromatic N) is 2. The Kier molecular flexibility index (Phi) is 11.2. The van der Waals surface area contributed by atoms with Crippen LogP contribution in [0.25, 0.3) is 0 Å². The van der Waals surface area contributed by atoms with Crippen LogP contribution in [-0.2, 0) is 26.2 Å². The molecule has 0 heterocycles. The smallest absolute Gasteiger partial charge is 0.264 e. The van der Waals surface area contributed by atoms with Crippen molar-refractivity contribution in [3.8, 4) is 17.2 Å². The van der Waals surface area contributed by atoms with Crippen LogP contribution in [-0.4, -0.2) is 65.1 Å². The lowest BCUT2D eigenvalue weighted by Crippen LogP contribution is -2.52. The molecule has 10 nitrogen and oxygen atoms in total. The van der Waals surface area contributed by atoms with Gasteiger partial charge in [0.1, 0.15) is 18.3 Å². The van der Waals surface area contributed by atoms with E-state index in [0.29, 0.717) is 23.6 Å². The van der Waals surface area contributed by atoms with Gasteiger partial charge in [0.25, 0.3) is 10.0 Å². The van der Waals surface area contributed by atoms with Gasteiger partial charge in [-0.25, -0.2) is 8.42 Å². The summed E-state index contributed by atoms with van der Waals surface area (Å²) in [6, 6.07) is 18.8. The largest absolute Gasteiger partial charge is 0.497 e. The molecule has 1 N–H and O–H groups in total. The van der Waals surface area contributed by atoms with Crippen LogP contribution in [0.15, 0.2) is 77.7 Å². The van der Waals surface area contributed by atoms with Crippen LogP contribution in [0, 0.1) is 0 Å². The normalized spacial score (nSPS) is 12.5. The quantitative estimate of drug-likeness (QED) is 0.296. The molecule has 0 saturated heterocycles. The highest BCUT2D eigenvalue weighted by Crippen LogP contribution is 2.32. The molecule has 226 valence electrons. The van der Waals surface area contributed by atoms with E-state index in [1.165, 1.54) is 37.3 Å². The number of nitrogens with one attached hydrogen (secondary N) is 1. The van der Waals surface area contributed by atoms with Crippen LogP contribution in [0.5, 0.6) is 17.2 Å². The van der Waals surface area contributed by atoms with Gasteiger partial charge < -0.3 is 24.4 Å². The minimum absolute atomic E-state index is 0.0597. The third kappa shape index (κ3) is 7.73. The maximum Gasteiger partial charge on any atom is 0.264 e. The summed E-state index contributed by atoms with van der Waals surface area (Å²) in [5.41, 5.74) is 1.01. The molecule has 0 aliphatic rings. The Morgan fingerprint density at radius 2 is 1.55 bits per heavy atom. The number of hydrogen-bond acceptors (Lipinski definition) is 7. The van der Waals surface area contributed by atoms with Gasteiger partial charge in [-0.3, -0.25) is 13.9 Å². The predicted octanol–water partition coefficient (Wildman–Crippen LogP) is 4.24. The zero-order valence-electron chi connectivity index (χ0n) is 24.9. The first-order valence-corrected chi connectivity index (χ1v) is 15.0. The van der Waals surface area contributed by atoms with Crippen molar-refractivity contribution in [1.82, 2.24) is 10.2 Å². The summed E-state index contributed by atoms with van der Waals surface area (Å²) < 4.78 is 45.1. The maximum atomic E-state index is 14.1. The van der Waals surface area contributed by atoms with Gasteiger partial charge in [0, 0.05) is 18.7 Å². The van der Waals surface area contributed by atoms with Gasteiger partial charge in [0.2, 0.25) is 11.8 Å². The number of amides is 2. The monoisotopic (exact) mass is 597 g/mol. The molecule has 3 aromatic carbocycles. The number of ether oxygens (including phenoxy) is 3. The van der Waals surface area contributed by atoms with Crippen molar-refractivity contribution < 1.29 is 32.2 Å². The number of carbonyl (C=O) groups is 2. The van der Waals surface area contributed by atoms with Crippen molar-refractivity contribution in [2.45, 2.75) is 50.7 Å². The number of hydrogen-bond donors (Lipinski definition) is 1. The molecule has 0 aliphatic heterocycles. The minimum Gasteiger partial charge on any atom is -0.497 e. The van der Waals surface area contributed by atoms with E-state index in [4.69, 9.17) is 14.2 Å². The second-order valence-electron chi connectivity index (χ2n) is 9.73. The molecule has 0 spiro atoms. The van der Waals surface area contributed by atoms with Crippen LogP contribution in [0.1, 0.15) is 32.8 Å². The Labute approximate surface area is 248 Å². The molecule has 2 atom stereocenters. The SMILES string of the molecule is CC[C@@H](C)NC(=O)[C@H](C)N(Cc1cccc(OC)c1)C(=O)CN(c1ccccc1)S(=O)(=O)c1ccc(OC)c(OC)c1. The van der Waals surface area contributed by atoms with E-state index in [2.05, 4.69) is 5.32 Å². The first-order valence-electron chi connectivity index (χ1n) is 13.6. The number of para-hydroxylation sites is 1. The Balaban J connectivity index is 2.05. The van der Waals surface area contributed by atoms with Crippen molar-refractivity contribution in [2.24, 2.45) is 0 Å². The van der Waals surface area contributed by atoms with E-state index in [-0.39, 0.29) is 29.1 Å². The van der Waals surface area contributed by atoms with Gasteiger partial charge in [-0.1, -0.05) is 37.3 Å². The van der Waals surface area contributed by atoms with Crippen LogP contribution in [0.3, 0.4) is 0 Å². The zero-order chi connectivity index (χ0) is 30.9. The Morgan fingerprint density at radius 3 is 2.17 bits per heavy atom. The Hall–Kier alpha value is -4.25. The molecule has 0 aliphatic carbocycles. The fourth-order valence-electron chi connectivity index (χ4n) is 4.24. The number of benzene rings is 3. The molecule has 42 heavy (non-hydrogen) atoms. The first-order chi connectivity index (χ1) is 20.0. The lowest BCUT2D eigenvalue weighted by Gasteiger charge is -2.32. The fraction of sp³-hybridized carbons (Fsp3) is 0.355. The number of anilines is 1. The number of rotatable bonds is 14. The molecule has 2 amide bonds. The molecular formula is C31H39N3O7S. The highest BCUT2D eigenvalue weighted by Gasteiger charge is 2.33. The van der Waals surface area contributed by atoms with Gasteiger partial charge in [-0.15, -0.1) is 0 Å². The van der Waals surface area contributed by atoms with Crippen LogP contribution in [0.2, 0.25) is 0 Å². The van der Waals surface area contributed by atoms with Gasteiger partial charge >= 0.3 is 0 Å². The van der Waals surface area contributed by atoms with Gasteiger partial charge in [-0.2, -0.15) is 0 Å². The average Bonchev–Trinajstić information content (AvgIpc) is 3.01. The summed E-state index contributed by atoms with van der Waals surface area (Å²) in [6.45, 7) is 4.97. The minimum atomic E-state index is -4.26. The summed E-state index contributed by atoms with van der Waals surface area (Å²) in [7, 11) is 0.146. The molecule has 0 fully saturated rings. The summed E-state index contributed by atoms with van der Waals surface area (Å²) in [6.07, 6.45) is 0.716. The summed E-state index contributed by atoms with van der Waals surface area (Å²) in [5.74, 6) is 0.294. The molecule has 0 unspecified atom stereocenters. The van der Waals surface area contributed by atoms with Crippen molar-refractivity contribution in [3.63, 3.8) is 0 Å². The summed E-state index contributed by atoms with van der Waals surface area (Å²) in [4.78, 5) is 28.5.